The maximum absolute atomic E-state index is 12.7. The van der Waals surface area contributed by atoms with E-state index in [-0.39, 0.29) is 24.7 Å². The third kappa shape index (κ3) is 12.0. The maximum Gasteiger partial charge on any atom is 0.326 e. The number of carboxylic acids is 1. The van der Waals surface area contributed by atoms with Gasteiger partial charge in [-0.1, -0.05) is 34.1 Å². The summed E-state index contributed by atoms with van der Waals surface area (Å²) in [5.74, 6) is -3.10. The van der Waals surface area contributed by atoms with Gasteiger partial charge in [-0.25, -0.2) is 4.79 Å². The highest BCUT2D eigenvalue weighted by Gasteiger charge is 2.30. The van der Waals surface area contributed by atoms with Crippen LogP contribution in [0.25, 0.3) is 0 Å². The molecule has 11 heteroatoms. The summed E-state index contributed by atoms with van der Waals surface area (Å²) in [6.45, 7) is 7.17. The lowest BCUT2D eigenvalue weighted by atomic mass is 10.00. The van der Waals surface area contributed by atoms with Crippen LogP contribution in [0.3, 0.4) is 0 Å². The van der Waals surface area contributed by atoms with Crippen LogP contribution in [-0.4, -0.2) is 71.2 Å². The molecule has 4 unspecified atom stereocenters. The SMILES string of the molecule is CC(C)CC(NC(=O)C(CC(C)C)NC(=O)C(CO)NC(=O)C(N)CCCCN)C(=O)O. The summed E-state index contributed by atoms with van der Waals surface area (Å²) >= 11 is 0. The van der Waals surface area contributed by atoms with E-state index in [0.717, 1.165) is 0 Å². The predicted molar refractivity (Wildman–Crippen MR) is 120 cm³/mol. The summed E-state index contributed by atoms with van der Waals surface area (Å²) in [6, 6.07) is -4.27. The van der Waals surface area contributed by atoms with Gasteiger partial charge in [0, 0.05) is 0 Å². The Kier molecular flexibility index (Phi) is 14.5. The van der Waals surface area contributed by atoms with Gasteiger partial charge in [0.05, 0.1) is 12.6 Å². The van der Waals surface area contributed by atoms with Gasteiger partial charge in [-0.15, -0.1) is 0 Å². The first kappa shape index (κ1) is 29.8. The van der Waals surface area contributed by atoms with E-state index in [0.29, 0.717) is 25.8 Å². The quantitative estimate of drug-likeness (QED) is 0.144. The molecule has 0 aromatic rings. The van der Waals surface area contributed by atoms with Crippen molar-refractivity contribution < 1.29 is 29.4 Å². The highest BCUT2D eigenvalue weighted by Crippen LogP contribution is 2.09. The highest BCUT2D eigenvalue weighted by atomic mass is 16.4. The van der Waals surface area contributed by atoms with Crippen molar-refractivity contribution in [3.63, 3.8) is 0 Å². The lowest BCUT2D eigenvalue weighted by Gasteiger charge is -2.25. The zero-order chi connectivity index (χ0) is 24.8. The number of aliphatic carboxylic acids is 1. The Labute approximate surface area is 190 Å². The van der Waals surface area contributed by atoms with E-state index >= 15 is 0 Å². The number of hydrogen-bond acceptors (Lipinski definition) is 7. The molecule has 32 heavy (non-hydrogen) atoms. The first-order chi connectivity index (χ1) is 14.9. The minimum Gasteiger partial charge on any atom is -0.480 e. The zero-order valence-electron chi connectivity index (χ0n) is 19.6. The number of unbranched alkanes of at least 4 members (excludes halogenated alkanes) is 1. The van der Waals surface area contributed by atoms with E-state index in [2.05, 4.69) is 16.0 Å². The fourth-order valence-corrected chi connectivity index (χ4v) is 3.05. The maximum atomic E-state index is 12.7. The molecule has 0 spiro atoms. The summed E-state index contributed by atoms with van der Waals surface area (Å²) in [5, 5.41) is 26.3. The number of hydrogen-bond donors (Lipinski definition) is 7. The van der Waals surface area contributed by atoms with E-state index in [1.54, 1.807) is 0 Å². The van der Waals surface area contributed by atoms with Crippen LogP contribution in [0.1, 0.15) is 59.8 Å². The van der Waals surface area contributed by atoms with E-state index in [9.17, 15) is 29.4 Å². The van der Waals surface area contributed by atoms with Gasteiger partial charge in [-0.05, 0) is 44.1 Å². The Morgan fingerprint density at radius 1 is 0.781 bits per heavy atom. The number of nitrogens with two attached hydrogens (primary N) is 2. The summed E-state index contributed by atoms with van der Waals surface area (Å²) in [6.07, 6.45) is 2.23. The third-order valence-corrected chi connectivity index (χ3v) is 4.78. The molecule has 9 N–H and O–H groups in total. The molecule has 0 rings (SSSR count). The largest absolute Gasteiger partial charge is 0.480 e. The number of carboxylic acid groups (broad SMARTS) is 1. The molecule has 0 radical (unpaired) electrons. The second-order valence-electron chi connectivity index (χ2n) is 8.85. The molecular formula is C21H41N5O6. The van der Waals surface area contributed by atoms with E-state index < -0.39 is 54.5 Å². The third-order valence-electron chi connectivity index (χ3n) is 4.78. The monoisotopic (exact) mass is 459 g/mol. The van der Waals surface area contributed by atoms with Gasteiger partial charge in [0.1, 0.15) is 18.1 Å². The number of carbonyl (C=O) groups is 4. The molecule has 3 amide bonds. The van der Waals surface area contributed by atoms with Gasteiger partial charge in [0.15, 0.2) is 0 Å². The smallest absolute Gasteiger partial charge is 0.326 e. The van der Waals surface area contributed by atoms with Crippen molar-refractivity contribution in [2.45, 2.75) is 84.0 Å². The molecule has 11 nitrogen and oxygen atoms in total. The normalized spacial score (nSPS) is 15.0. The standard InChI is InChI=1S/C21H41N5O6/c1-12(2)9-15(19(29)25-16(21(31)32)10-13(3)4)24-20(30)17(11-27)26-18(28)14(23)7-5-6-8-22/h12-17,27H,5-11,22-23H2,1-4H3,(H,24,30)(H,25,29)(H,26,28)(H,31,32). The van der Waals surface area contributed by atoms with Crippen LogP contribution < -0.4 is 27.4 Å². The molecule has 4 atom stereocenters. The van der Waals surface area contributed by atoms with Gasteiger partial charge in [-0.2, -0.15) is 0 Å². The van der Waals surface area contributed by atoms with Crippen LogP contribution in [-0.2, 0) is 19.2 Å². The average Bonchev–Trinajstić information content (AvgIpc) is 2.69. The predicted octanol–water partition coefficient (Wildman–Crippen LogP) is -0.934. The van der Waals surface area contributed by atoms with Gasteiger partial charge < -0.3 is 37.6 Å². The molecule has 0 aliphatic rings. The van der Waals surface area contributed by atoms with Crippen LogP contribution in [0.15, 0.2) is 0 Å². The van der Waals surface area contributed by atoms with Gasteiger partial charge in [-0.3, -0.25) is 14.4 Å². The number of rotatable bonds is 16. The van der Waals surface area contributed by atoms with Crippen molar-refractivity contribution >= 4 is 23.7 Å². The first-order valence-electron chi connectivity index (χ1n) is 11.1. The van der Waals surface area contributed by atoms with Crippen molar-refractivity contribution in [2.75, 3.05) is 13.2 Å². The van der Waals surface area contributed by atoms with Crippen molar-refractivity contribution in [3.8, 4) is 0 Å². The van der Waals surface area contributed by atoms with Crippen LogP contribution in [0.2, 0.25) is 0 Å². The molecule has 0 aromatic heterocycles. The van der Waals surface area contributed by atoms with E-state index in [1.807, 2.05) is 27.7 Å². The number of aliphatic hydroxyl groups is 1. The van der Waals surface area contributed by atoms with Gasteiger partial charge in [0.2, 0.25) is 17.7 Å². The Hall–Kier alpha value is -2.24. The fourth-order valence-electron chi connectivity index (χ4n) is 3.05. The minimum absolute atomic E-state index is 0.0116. The molecule has 0 aliphatic heterocycles. The molecular weight excluding hydrogens is 418 g/mol. The van der Waals surface area contributed by atoms with Crippen molar-refractivity contribution in [3.05, 3.63) is 0 Å². The van der Waals surface area contributed by atoms with Crippen LogP contribution in [0, 0.1) is 11.8 Å². The second kappa shape index (κ2) is 15.5. The summed E-state index contributed by atoms with van der Waals surface area (Å²) in [4.78, 5) is 49.1. The Morgan fingerprint density at radius 3 is 1.72 bits per heavy atom. The van der Waals surface area contributed by atoms with Crippen LogP contribution in [0.5, 0.6) is 0 Å². The van der Waals surface area contributed by atoms with E-state index in [4.69, 9.17) is 11.5 Å². The molecule has 0 bridgehead atoms. The molecule has 0 fully saturated rings. The summed E-state index contributed by atoms with van der Waals surface area (Å²) in [5.41, 5.74) is 11.2. The second-order valence-corrected chi connectivity index (χ2v) is 8.85. The van der Waals surface area contributed by atoms with Crippen LogP contribution >= 0.6 is 0 Å². The molecule has 186 valence electrons. The number of carbonyl (C=O) groups excluding carboxylic acids is 3. The molecule has 0 saturated heterocycles. The Morgan fingerprint density at radius 2 is 1.25 bits per heavy atom. The lowest BCUT2D eigenvalue weighted by Crippen LogP contribution is -2.58. The molecule has 0 saturated carbocycles. The number of aliphatic hydroxyl groups excluding tert-OH is 1. The van der Waals surface area contributed by atoms with Crippen molar-refractivity contribution in [2.24, 2.45) is 23.3 Å². The zero-order valence-corrected chi connectivity index (χ0v) is 19.6. The molecule has 0 aromatic carbocycles. The van der Waals surface area contributed by atoms with Crippen molar-refractivity contribution in [1.29, 1.82) is 0 Å². The van der Waals surface area contributed by atoms with Gasteiger partial charge >= 0.3 is 5.97 Å². The minimum atomic E-state index is -1.29. The molecule has 0 heterocycles. The van der Waals surface area contributed by atoms with E-state index in [1.165, 1.54) is 0 Å². The average molecular weight is 460 g/mol. The number of amides is 3. The topological polar surface area (TPSA) is 197 Å². The lowest BCUT2D eigenvalue weighted by molar-refractivity contribution is -0.143. The number of nitrogens with one attached hydrogen (secondary N) is 3. The van der Waals surface area contributed by atoms with Crippen LogP contribution in [0.4, 0.5) is 0 Å². The summed E-state index contributed by atoms with van der Waals surface area (Å²) in [7, 11) is 0. The highest BCUT2D eigenvalue weighted by molar-refractivity contribution is 5.94. The van der Waals surface area contributed by atoms with Gasteiger partial charge in [0.25, 0.3) is 0 Å². The Balaban J connectivity index is 5.17. The fraction of sp³-hybridized carbons (Fsp3) is 0.810. The molecule has 0 aliphatic carbocycles. The summed E-state index contributed by atoms with van der Waals surface area (Å²) < 4.78 is 0. The first-order valence-corrected chi connectivity index (χ1v) is 11.1. The Bertz CT molecular complexity index is 613. The van der Waals surface area contributed by atoms with Crippen molar-refractivity contribution in [1.82, 2.24) is 16.0 Å².